The van der Waals surface area contributed by atoms with Crippen molar-refractivity contribution < 1.29 is 9.53 Å². The molecule has 0 spiro atoms. The zero-order valence-electron chi connectivity index (χ0n) is 13.6. The van der Waals surface area contributed by atoms with E-state index in [9.17, 15) is 4.79 Å². The number of ether oxygens (including phenoxy) is 1. The van der Waals surface area contributed by atoms with E-state index in [0.29, 0.717) is 10.1 Å². The molecule has 1 fully saturated rings. The number of carbonyl (C=O) groups excluding carboxylic acids is 1. The van der Waals surface area contributed by atoms with Gasteiger partial charge in [0.05, 0.1) is 22.7 Å². The predicted octanol–water partition coefficient (Wildman–Crippen LogP) is 4.81. The summed E-state index contributed by atoms with van der Waals surface area (Å²) in [6.07, 6.45) is 3.43. The molecular formula is C18H13Br2N3O2S. The number of carbonyl (C=O) groups is 1. The molecule has 2 aromatic rings. The van der Waals surface area contributed by atoms with Gasteiger partial charge in [-0.1, -0.05) is 28.1 Å². The van der Waals surface area contributed by atoms with Crippen molar-refractivity contribution in [1.29, 1.82) is 0 Å². The summed E-state index contributed by atoms with van der Waals surface area (Å²) < 4.78 is 6.98. The van der Waals surface area contributed by atoms with E-state index in [2.05, 4.69) is 47.4 Å². The number of nitrogens with zero attached hydrogens (tertiary/aromatic N) is 2. The quantitative estimate of drug-likeness (QED) is 0.376. The van der Waals surface area contributed by atoms with Crippen molar-refractivity contribution in [3.63, 3.8) is 0 Å². The minimum Gasteiger partial charge on any atom is -0.496 e. The highest BCUT2D eigenvalue weighted by molar-refractivity contribution is 9.10. The molecule has 8 heteroatoms. The number of hydrogen-bond acceptors (Lipinski definition) is 5. The van der Waals surface area contributed by atoms with Crippen LogP contribution in [0.3, 0.4) is 0 Å². The highest BCUT2D eigenvalue weighted by atomic mass is 79.9. The minimum absolute atomic E-state index is 0.184. The highest BCUT2D eigenvalue weighted by Gasteiger charge is 2.23. The molecule has 26 heavy (non-hydrogen) atoms. The van der Waals surface area contributed by atoms with Crippen molar-refractivity contribution in [1.82, 2.24) is 5.32 Å². The van der Waals surface area contributed by atoms with Crippen LogP contribution in [0.15, 0.2) is 66.5 Å². The van der Waals surface area contributed by atoms with E-state index in [1.807, 2.05) is 48.5 Å². The van der Waals surface area contributed by atoms with Gasteiger partial charge in [-0.05, 0) is 75.2 Å². The van der Waals surface area contributed by atoms with Crippen molar-refractivity contribution >= 4 is 67.0 Å². The number of methoxy groups -OCH3 is 1. The molecule has 132 valence electrons. The van der Waals surface area contributed by atoms with Gasteiger partial charge in [-0.3, -0.25) is 10.1 Å². The number of benzene rings is 2. The third-order valence-corrected chi connectivity index (χ3v) is 5.34. The molecular weight excluding hydrogens is 482 g/mol. The number of hydrogen-bond donors (Lipinski definition) is 1. The van der Waals surface area contributed by atoms with Gasteiger partial charge in [-0.15, -0.1) is 5.10 Å². The SMILES string of the molecule is COc1ccc(C=N/N=C2\NC(=O)C(=Cc3cccc(Br)c3)S2)cc1Br. The molecule has 1 aliphatic rings. The third-order valence-electron chi connectivity index (χ3n) is 3.33. The molecule has 0 unspecified atom stereocenters. The molecule has 0 bridgehead atoms. The summed E-state index contributed by atoms with van der Waals surface area (Å²) in [6.45, 7) is 0. The molecule has 1 N–H and O–H groups in total. The fourth-order valence-electron chi connectivity index (χ4n) is 2.13. The van der Waals surface area contributed by atoms with Crippen LogP contribution in [-0.4, -0.2) is 24.4 Å². The van der Waals surface area contributed by atoms with Crippen LogP contribution in [0.4, 0.5) is 0 Å². The zero-order chi connectivity index (χ0) is 18.5. The average molecular weight is 495 g/mol. The van der Waals surface area contributed by atoms with E-state index in [-0.39, 0.29) is 5.91 Å². The number of thioether (sulfide) groups is 1. The summed E-state index contributed by atoms with van der Waals surface area (Å²) in [6, 6.07) is 13.3. The lowest BCUT2D eigenvalue weighted by Gasteiger charge is -2.02. The topological polar surface area (TPSA) is 63.1 Å². The molecule has 1 aliphatic heterocycles. The fraction of sp³-hybridized carbons (Fsp3) is 0.0556. The van der Waals surface area contributed by atoms with Crippen molar-refractivity contribution in [3.8, 4) is 5.75 Å². The molecule has 2 aromatic carbocycles. The van der Waals surface area contributed by atoms with Crippen LogP contribution in [0.1, 0.15) is 11.1 Å². The fourth-order valence-corrected chi connectivity index (χ4v) is 3.89. The van der Waals surface area contributed by atoms with Crippen LogP contribution in [0, 0.1) is 0 Å². The van der Waals surface area contributed by atoms with Gasteiger partial charge in [-0.2, -0.15) is 5.10 Å². The smallest absolute Gasteiger partial charge is 0.264 e. The van der Waals surface area contributed by atoms with Crippen LogP contribution in [-0.2, 0) is 4.79 Å². The normalized spacial score (nSPS) is 17.3. The molecule has 0 saturated carbocycles. The molecule has 3 rings (SSSR count). The van der Waals surface area contributed by atoms with Crippen LogP contribution in [0.25, 0.3) is 6.08 Å². The van der Waals surface area contributed by atoms with Gasteiger partial charge in [0.2, 0.25) is 0 Å². The van der Waals surface area contributed by atoms with Gasteiger partial charge in [0.15, 0.2) is 5.17 Å². The van der Waals surface area contributed by atoms with E-state index in [1.165, 1.54) is 11.8 Å². The van der Waals surface area contributed by atoms with Crippen LogP contribution >= 0.6 is 43.6 Å². The van der Waals surface area contributed by atoms with E-state index in [4.69, 9.17) is 4.74 Å². The van der Waals surface area contributed by atoms with Crippen LogP contribution in [0.2, 0.25) is 0 Å². The van der Waals surface area contributed by atoms with Crippen LogP contribution in [0.5, 0.6) is 5.75 Å². The second kappa shape index (κ2) is 8.66. The van der Waals surface area contributed by atoms with E-state index >= 15 is 0 Å². The van der Waals surface area contributed by atoms with Gasteiger partial charge in [-0.25, -0.2) is 0 Å². The predicted molar refractivity (Wildman–Crippen MR) is 114 cm³/mol. The van der Waals surface area contributed by atoms with Gasteiger partial charge in [0.25, 0.3) is 5.91 Å². The highest BCUT2D eigenvalue weighted by Crippen LogP contribution is 2.27. The number of amidine groups is 1. The molecule has 0 radical (unpaired) electrons. The van der Waals surface area contributed by atoms with Crippen molar-refractivity contribution in [2.75, 3.05) is 7.11 Å². The summed E-state index contributed by atoms with van der Waals surface area (Å²) >= 11 is 8.10. The molecule has 0 aromatic heterocycles. The molecule has 5 nitrogen and oxygen atoms in total. The van der Waals surface area contributed by atoms with Gasteiger partial charge in [0, 0.05) is 4.47 Å². The van der Waals surface area contributed by atoms with Crippen molar-refractivity contribution in [2.45, 2.75) is 0 Å². The lowest BCUT2D eigenvalue weighted by molar-refractivity contribution is -0.115. The largest absolute Gasteiger partial charge is 0.496 e. The van der Waals surface area contributed by atoms with Gasteiger partial charge < -0.3 is 4.74 Å². The number of rotatable bonds is 4. The Hall–Kier alpha value is -1.90. The molecule has 1 heterocycles. The lowest BCUT2D eigenvalue weighted by atomic mass is 10.2. The minimum atomic E-state index is -0.184. The maximum Gasteiger partial charge on any atom is 0.264 e. The number of halogens is 2. The van der Waals surface area contributed by atoms with E-state index in [1.54, 1.807) is 13.3 Å². The molecule has 1 amide bonds. The second-order valence-electron chi connectivity index (χ2n) is 5.16. The third kappa shape index (κ3) is 4.84. The first-order valence-electron chi connectivity index (χ1n) is 7.46. The maximum atomic E-state index is 12.1. The summed E-state index contributed by atoms with van der Waals surface area (Å²) in [5.74, 6) is 0.561. The Kier molecular flexibility index (Phi) is 6.29. The summed E-state index contributed by atoms with van der Waals surface area (Å²) in [5, 5.41) is 11.3. The van der Waals surface area contributed by atoms with Gasteiger partial charge in [0.1, 0.15) is 5.75 Å². The molecule has 1 saturated heterocycles. The Morgan fingerprint density at radius 1 is 1.15 bits per heavy atom. The second-order valence-corrected chi connectivity index (χ2v) is 7.96. The first kappa shape index (κ1) is 18.9. The van der Waals surface area contributed by atoms with Crippen molar-refractivity contribution in [2.24, 2.45) is 10.2 Å². The average Bonchev–Trinajstić information content (AvgIpc) is 2.95. The number of amides is 1. The Balaban J connectivity index is 1.71. The first-order valence-corrected chi connectivity index (χ1v) is 9.86. The Morgan fingerprint density at radius 3 is 2.73 bits per heavy atom. The number of nitrogens with one attached hydrogen (secondary N) is 1. The standard InChI is InChI=1S/C18H13Br2N3O2S/c1-25-15-6-5-12(8-14(15)20)10-21-23-18-22-17(24)16(26-18)9-11-3-2-4-13(19)7-11/h2-10H,1H3,(H,22,23,24). The van der Waals surface area contributed by atoms with Crippen LogP contribution < -0.4 is 10.1 Å². The Bertz CT molecular complexity index is 942. The summed E-state index contributed by atoms with van der Waals surface area (Å²) in [4.78, 5) is 12.6. The monoisotopic (exact) mass is 493 g/mol. The Labute approximate surface area is 171 Å². The van der Waals surface area contributed by atoms with Crippen molar-refractivity contribution in [3.05, 3.63) is 67.4 Å². The van der Waals surface area contributed by atoms with E-state index in [0.717, 1.165) is 25.8 Å². The zero-order valence-corrected chi connectivity index (χ0v) is 17.6. The van der Waals surface area contributed by atoms with Gasteiger partial charge >= 0.3 is 0 Å². The summed E-state index contributed by atoms with van der Waals surface area (Å²) in [5.41, 5.74) is 1.80. The first-order chi connectivity index (χ1) is 12.5. The van der Waals surface area contributed by atoms with E-state index < -0.39 is 0 Å². The lowest BCUT2D eigenvalue weighted by Crippen LogP contribution is -2.19. The molecule has 0 atom stereocenters. The molecule has 0 aliphatic carbocycles. The Morgan fingerprint density at radius 2 is 2.00 bits per heavy atom. The maximum absolute atomic E-state index is 12.1. The summed E-state index contributed by atoms with van der Waals surface area (Å²) in [7, 11) is 1.61.